The molecule has 2 rings (SSSR count). The predicted molar refractivity (Wildman–Crippen MR) is 65.6 cm³/mol. The zero-order valence-corrected chi connectivity index (χ0v) is 10.5. The first-order valence-electron chi connectivity index (χ1n) is 6.32. The van der Waals surface area contributed by atoms with Crippen LogP contribution in [-0.2, 0) is 20.7 Å². The van der Waals surface area contributed by atoms with Crippen molar-refractivity contribution < 1.29 is 23.8 Å². The molecule has 1 aliphatic rings. The first-order chi connectivity index (χ1) is 9.15. The van der Waals surface area contributed by atoms with Gasteiger partial charge in [-0.2, -0.15) is 0 Å². The Morgan fingerprint density at radius 3 is 2.89 bits per heavy atom. The lowest BCUT2D eigenvalue weighted by Gasteiger charge is -2.12. The van der Waals surface area contributed by atoms with Crippen LogP contribution in [-0.4, -0.2) is 35.7 Å². The molecule has 2 unspecified atom stereocenters. The lowest BCUT2D eigenvalue weighted by atomic mass is 10.2. The number of carbonyl (C=O) groups excluding carboxylic acids is 1. The molecule has 2 atom stereocenters. The highest BCUT2D eigenvalue weighted by Crippen LogP contribution is 2.19. The van der Waals surface area contributed by atoms with Crippen molar-refractivity contribution in [1.82, 2.24) is 5.32 Å². The molecule has 0 saturated carbocycles. The molecule has 0 spiro atoms. The van der Waals surface area contributed by atoms with Crippen LogP contribution in [0.1, 0.15) is 25.0 Å². The molecule has 104 valence electrons. The summed E-state index contributed by atoms with van der Waals surface area (Å²) in [6.07, 6.45) is 2.72. The maximum atomic E-state index is 11.6. The van der Waals surface area contributed by atoms with E-state index >= 15 is 0 Å². The summed E-state index contributed by atoms with van der Waals surface area (Å²) in [7, 11) is 0. The summed E-state index contributed by atoms with van der Waals surface area (Å²) in [5, 5.41) is 11.5. The van der Waals surface area contributed by atoms with E-state index in [1.807, 2.05) is 6.07 Å². The average molecular weight is 267 g/mol. The Labute approximate surface area is 110 Å². The number of carboxylic acid groups (broad SMARTS) is 1. The maximum absolute atomic E-state index is 11.6. The lowest BCUT2D eigenvalue weighted by Crippen LogP contribution is -2.33. The highest BCUT2D eigenvalue weighted by molar-refractivity contribution is 5.76. The number of nitrogens with one attached hydrogen (secondary N) is 1. The number of ether oxygens (including phenoxy) is 1. The van der Waals surface area contributed by atoms with E-state index in [0.717, 1.165) is 5.76 Å². The molecule has 6 nitrogen and oxygen atoms in total. The molecule has 0 radical (unpaired) electrons. The molecular formula is C13H17NO5. The molecule has 1 aliphatic heterocycles. The Kier molecular flexibility index (Phi) is 4.57. The Balaban J connectivity index is 1.63. The average Bonchev–Trinajstić information content (AvgIpc) is 3.05. The fourth-order valence-electron chi connectivity index (χ4n) is 2.05. The molecule has 2 N–H and O–H groups in total. The Morgan fingerprint density at radius 1 is 1.42 bits per heavy atom. The first-order valence-corrected chi connectivity index (χ1v) is 6.32. The van der Waals surface area contributed by atoms with Gasteiger partial charge in [0, 0.05) is 19.4 Å². The molecule has 0 aliphatic carbocycles. The van der Waals surface area contributed by atoms with Crippen molar-refractivity contribution in [2.45, 2.75) is 37.9 Å². The monoisotopic (exact) mass is 267 g/mol. The first kappa shape index (κ1) is 13.6. The topological polar surface area (TPSA) is 88.8 Å². The van der Waals surface area contributed by atoms with Gasteiger partial charge in [0.05, 0.1) is 12.4 Å². The summed E-state index contributed by atoms with van der Waals surface area (Å²) in [6.45, 7) is 0.362. The standard InChI is InChI=1S/C13H17NO5/c15-12(6-4-9-2-1-7-18-9)14-8-10-3-5-11(19-10)13(16)17/h1-2,7,10-11H,3-6,8H2,(H,14,15)(H,16,17). The van der Waals surface area contributed by atoms with Crippen molar-refractivity contribution in [3.05, 3.63) is 24.2 Å². The molecule has 19 heavy (non-hydrogen) atoms. The molecule has 1 amide bonds. The van der Waals surface area contributed by atoms with Gasteiger partial charge in [-0.15, -0.1) is 0 Å². The number of carbonyl (C=O) groups is 2. The van der Waals surface area contributed by atoms with Gasteiger partial charge >= 0.3 is 5.97 Å². The van der Waals surface area contributed by atoms with Crippen LogP contribution >= 0.6 is 0 Å². The number of carboxylic acids is 1. The summed E-state index contributed by atoms with van der Waals surface area (Å²) in [5.41, 5.74) is 0. The summed E-state index contributed by atoms with van der Waals surface area (Å²) in [5.74, 6) is -0.247. The van der Waals surface area contributed by atoms with Crippen LogP contribution in [0.3, 0.4) is 0 Å². The van der Waals surface area contributed by atoms with E-state index in [1.54, 1.807) is 12.3 Å². The van der Waals surface area contributed by atoms with Crippen molar-refractivity contribution in [2.75, 3.05) is 6.54 Å². The Bertz CT molecular complexity index is 428. The van der Waals surface area contributed by atoms with E-state index < -0.39 is 12.1 Å². The second-order valence-corrected chi connectivity index (χ2v) is 4.55. The highest BCUT2D eigenvalue weighted by Gasteiger charge is 2.30. The highest BCUT2D eigenvalue weighted by atomic mass is 16.5. The zero-order valence-electron chi connectivity index (χ0n) is 10.5. The molecule has 0 bridgehead atoms. The van der Waals surface area contributed by atoms with E-state index in [2.05, 4.69) is 5.32 Å². The van der Waals surface area contributed by atoms with E-state index in [0.29, 0.717) is 32.2 Å². The minimum absolute atomic E-state index is 0.0845. The number of hydrogen-bond acceptors (Lipinski definition) is 4. The Morgan fingerprint density at radius 2 is 2.26 bits per heavy atom. The van der Waals surface area contributed by atoms with Gasteiger partial charge in [-0.25, -0.2) is 4.79 Å². The number of rotatable bonds is 6. The zero-order chi connectivity index (χ0) is 13.7. The van der Waals surface area contributed by atoms with Gasteiger partial charge in [0.1, 0.15) is 5.76 Å². The van der Waals surface area contributed by atoms with Gasteiger partial charge in [-0.1, -0.05) is 0 Å². The minimum Gasteiger partial charge on any atom is -0.479 e. The van der Waals surface area contributed by atoms with Gasteiger partial charge in [0.2, 0.25) is 5.91 Å². The SMILES string of the molecule is O=C(CCc1ccco1)NCC1CCC(C(=O)O)O1. The molecule has 6 heteroatoms. The van der Waals surface area contributed by atoms with Crippen molar-refractivity contribution in [1.29, 1.82) is 0 Å². The van der Waals surface area contributed by atoms with E-state index in [1.165, 1.54) is 0 Å². The van der Waals surface area contributed by atoms with Crippen LogP contribution < -0.4 is 5.32 Å². The van der Waals surface area contributed by atoms with E-state index in [4.69, 9.17) is 14.3 Å². The van der Waals surface area contributed by atoms with Crippen molar-refractivity contribution in [3.8, 4) is 0 Å². The largest absolute Gasteiger partial charge is 0.479 e. The molecule has 1 aromatic heterocycles. The summed E-state index contributed by atoms with van der Waals surface area (Å²) in [6, 6.07) is 3.61. The summed E-state index contributed by atoms with van der Waals surface area (Å²) in [4.78, 5) is 22.3. The quantitative estimate of drug-likeness (QED) is 0.801. The number of hydrogen-bond donors (Lipinski definition) is 2. The molecular weight excluding hydrogens is 250 g/mol. The van der Waals surface area contributed by atoms with E-state index in [9.17, 15) is 9.59 Å². The van der Waals surface area contributed by atoms with Crippen LogP contribution in [0.2, 0.25) is 0 Å². The van der Waals surface area contributed by atoms with Gasteiger partial charge in [0.15, 0.2) is 6.10 Å². The van der Waals surface area contributed by atoms with Crippen LogP contribution in [0, 0.1) is 0 Å². The van der Waals surface area contributed by atoms with Crippen molar-refractivity contribution >= 4 is 11.9 Å². The minimum atomic E-state index is -0.938. The fraction of sp³-hybridized carbons (Fsp3) is 0.538. The molecule has 1 saturated heterocycles. The second-order valence-electron chi connectivity index (χ2n) is 4.55. The molecule has 1 fully saturated rings. The third-order valence-electron chi connectivity index (χ3n) is 3.09. The lowest BCUT2D eigenvalue weighted by molar-refractivity contribution is -0.149. The van der Waals surface area contributed by atoms with Crippen LogP contribution in [0.25, 0.3) is 0 Å². The van der Waals surface area contributed by atoms with Crippen LogP contribution in [0.15, 0.2) is 22.8 Å². The second kappa shape index (κ2) is 6.38. The maximum Gasteiger partial charge on any atom is 0.332 e. The number of amides is 1. The number of aryl methyl sites for hydroxylation is 1. The van der Waals surface area contributed by atoms with Crippen molar-refractivity contribution in [2.24, 2.45) is 0 Å². The van der Waals surface area contributed by atoms with Gasteiger partial charge < -0.3 is 19.6 Å². The Hall–Kier alpha value is -1.82. The van der Waals surface area contributed by atoms with Gasteiger partial charge in [-0.05, 0) is 25.0 Å². The van der Waals surface area contributed by atoms with Crippen LogP contribution in [0.4, 0.5) is 0 Å². The number of aliphatic carboxylic acids is 1. The van der Waals surface area contributed by atoms with Crippen LogP contribution in [0.5, 0.6) is 0 Å². The smallest absolute Gasteiger partial charge is 0.332 e. The normalized spacial score (nSPS) is 22.3. The molecule has 2 heterocycles. The van der Waals surface area contributed by atoms with E-state index in [-0.39, 0.29) is 12.0 Å². The van der Waals surface area contributed by atoms with Gasteiger partial charge in [0.25, 0.3) is 0 Å². The third-order valence-corrected chi connectivity index (χ3v) is 3.09. The van der Waals surface area contributed by atoms with Gasteiger partial charge in [-0.3, -0.25) is 4.79 Å². The number of furan rings is 1. The molecule has 1 aromatic rings. The molecule has 0 aromatic carbocycles. The fourth-order valence-corrected chi connectivity index (χ4v) is 2.05. The summed E-state index contributed by atoms with van der Waals surface area (Å²) >= 11 is 0. The summed E-state index contributed by atoms with van der Waals surface area (Å²) < 4.78 is 10.4. The third kappa shape index (κ3) is 4.10. The predicted octanol–water partition coefficient (Wildman–Crippen LogP) is 0.961. The van der Waals surface area contributed by atoms with Crippen molar-refractivity contribution in [3.63, 3.8) is 0 Å².